The van der Waals surface area contributed by atoms with Crippen molar-refractivity contribution in [2.45, 2.75) is 112 Å². The Hall–Kier alpha value is -0.260. The average Bonchev–Trinajstić information content (AvgIpc) is 2.96. The van der Waals surface area contributed by atoms with Gasteiger partial charge in [-0.1, -0.05) is 65.5 Å². The highest BCUT2D eigenvalue weighted by molar-refractivity contribution is 5.24. The first kappa shape index (κ1) is 20.0. The maximum Gasteiger partial charge on any atom is -0.00851 e. The molecule has 154 valence electrons. The van der Waals surface area contributed by atoms with E-state index in [-0.39, 0.29) is 0 Å². The highest BCUT2D eigenvalue weighted by atomic mass is 14.6. The zero-order valence-corrected chi connectivity index (χ0v) is 19.0. The van der Waals surface area contributed by atoms with E-state index in [4.69, 9.17) is 0 Å². The summed E-state index contributed by atoms with van der Waals surface area (Å²) in [5.74, 6) is 5.88. The van der Waals surface area contributed by atoms with Gasteiger partial charge in [0.2, 0.25) is 0 Å². The van der Waals surface area contributed by atoms with Gasteiger partial charge < -0.3 is 0 Å². The Labute approximate surface area is 170 Å². The minimum Gasteiger partial charge on any atom is -0.0845 e. The molecule has 0 amide bonds. The molecule has 0 bridgehead atoms. The SMILES string of the molecule is CC(C)CCCC[C@H]1CCC2[C@@H]3CC=C4CC(C)CCC4(C)C3CC[C@@]21C. The van der Waals surface area contributed by atoms with Gasteiger partial charge in [0.15, 0.2) is 0 Å². The van der Waals surface area contributed by atoms with Gasteiger partial charge >= 0.3 is 0 Å². The van der Waals surface area contributed by atoms with Gasteiger partial charge in [0, 0.05) is 0 Å². The van der Waals surface area contributed by atoms with Crippen LogP contribution in [0.3, 0.4) is 0 Å². The van der Waals surface area contributed by atoms with Crippen molar-refractivity contribution < 1.29 is 0 Å². The van der Waals surface area contributed by atoms with E-state index in [1.165, 1.54) is 70.6 Å². The summed E-state index contributed by atoms with van der Waals surface area (Å²) in [6, 6.07) is 0. The zero-order chi connectivity index (χ0) is 19.2. The van der Waals surface area contributed by atoms with Crippen molar-refractivity contribution in [3.8, 4) is 0 Å². The van der Waals surface area contributed by atoms with E-state index >= 15 is 0 Å². The molecule has 0 aromatic carbocycles. The molecular formula is C27H46. The van der Waals surface area contributed by atoms with Crippen LogP contribution in [-0.4, -0.2) is 0 Å². The molecule has 4 unspecified atom stereocenters. The third-order valence-electron chi connectivity index (χ3n) is 10.1. The molecule has 27 heavy (non-hydrogen) atoms. The predicted molar refractivity (Wildman–Crippen MR) is 118 cm³/mol. The van der Waals surface area contributed by atoms with Gasteiger partial charge in [-0.05, 0) is 104 Å². The summed E-state index contributed by atoms with van der Waals surface area (Å²) in [5, 5.41) is 0. The van der Waals surface area contributed by atoms with Gasteiger partial charge in [-0.25, -0.2) is 0 Å². The fourth-order valence-corrected chi connectivity index (χ4v) is 8.37. The molecule has 0 aromatic rings. The van der Waals surface area contributed by atoms with Crippen molar-refractivity contribution in [2.24, 2.45) is 46.3 Å². The summed E-state index contributed by atoms with van der Waals surface area (Å²) < 4.78 is 0. The van der Waals surface area contributed by atoms with E-state index in [0.29, 0.717) is 10.8 Å². The lowest BCUT2D eigenvalue weighted by Crippen LogP contribution is -2.49. The van der Waals surface area contributed by atoms with Crippen LogP contribution in [-0.2, 0) is 0 Å². The molecule has 4 aliphatic rings. The Bertz CT molecular complexity index is 556. The quantitative estimate of drug-likeness (QED) is 0.336. The first-order valence-electron chi connectivity index (χ1n) is 12.5. The van der Waals surface area contributed by atoms with Crippen LogP contribution in [0, 0.1) is 46.3 Å². The Balaban J connectivity index is 1.46. The summed E-state index contributed by atoms with van der Waals surface area (Å²) in [7, 11) is 0. The Morgan fingerprint density at radius 3 is 2.59 bits per heavy atom. The minimum absolute atomic E-state index is 0.562. The fraction of sp³-hybridized carbons (Fsp3) is 0.926. The highest BCUT2D eigenvalue weighted by Gasteiger charge is 2.58. The highest BCUT2D eigenvalue weighted by Crippen LogP contribution is 2.67. The van der Waals surface area contributed by atoms with E-state index in [1.807, 2.05) is 5.57 Å². The van der Waals surface area contributed by atoms with Crippen LogP contribution >= 0.6 is 0 Å². The Morgan fingerprint density at radius 2 is 1.81 bits per heavy atom. The smallest absolute Gasteiger partial charge is 0.00851 e. The molecule has 0 saturated heterocycles. The van der Waals surface area contributed by atoms with E-state index in [2.05, 4.69) is 40.7 Å². The maximum atomic E-state index is 2.75. The zero-order valence-electron chi connectivity index (χ0n) is 19.0. The first-order valence-corrected chi connectivity index (χ1v) is 12.5. The summed E-state index contributed by atoms with van der Waals surface area (Å²) in [4.78, 5) is 0. The molecule has 4 aliphatic carbocycles. The minimum atomic E-state index is 0.562. The molecule has 0 heteroatoms. The van der Waals surface area contributed by atoms with Crippen LogP contribution in [0.1, 0.15) is 112 Å². The summed E-state index contributed by atoms with van der Waals surface area (Å²) in [5.41, 5.74) is 3.10. The lowest BCUT2D eigenvalue weighted by Gasteiger charge is -2.58. The summed E-state index contributed by atoms with van der Waals surface area (Å²) in [6.45, 7) is 12.6. The third-order valence-corrected chi connectivity index (χ3v) is 10.1. The Kier molecular flexibility index (Phi) is 5.59. The van der Waals surface area contributed by atoms with Crippen LogP contribution in [0.15, 0.2) is 11.6 Å². The van der Waals surface area contributed by atoms with Crippen molar-refractivity contribution in [3.63, 3.8) is 0 Å². The molecule has 3 saturated carbocycles. The fourth-order valence-electron chi connectivity index (χ4n) is 8.37. The molecule has 4 rings (SSSR count). The number of hydrogen-bond acceptors (Lipinski definition) is 0. The van der Waals surface area contributed by atoms with Crippen LogP contribution in [0.4, 0.5) is 0 Å². The molecule has 0 nitrogen and oxygen atoms in total. The van der Waals surface area contributed by atoms with Crippen LogP contribution in [0.5, 0.6) is 0 Å². The monoisotopic (exact) mass is 370 g/mol. The van der Waals surface area contributed by atoms with E-state index in [9.17, 15) is 0 Å². The van der Waals surface area contributed by atoms with Gasteiger partial charge in [-0.15, -0.1) is 0 Å². The molecule has 0 spiro atoms. The van der Waals surface area contributed by atoms with Crippen molar-refractivity contribution in [2.75, 3.05) is 0 Å². The van der Waals surface area contributed by atoms with Gasteiger partial charge in [0.1, 0.15) is 0 Å². The number of allylic oxidation sites excluding steroid dienone is 2. The molecule has 0 radical (unpaired) electrons. The number of hydrogen-bond donors (Lipinski definition) is 0. The van der Waals surface area contributed by atoms with Crippen molar-refractivity contribution in [1.29, 1.82) is 0 Å². The topological polar surface area (TPSA) is 0 Å². The lowest BCUT2D eigenvalue weighted by molar-refractivity contribution is -0.0450. The number of rotatable bonds is 5. The third kappa shape index (κ3) is 3.46. The lowest BCUT2D eigenvalue weighted by atomic mass is 9.47. The average molecular weight is 371 g/mol. The van der Waals surface area contributed by atoms with E-state index in [1.54, 1.807) is 6.42 Å². The maximum absolute atomic E-state index is 2.75. The molecule has 0 aliphatic heterocycles. The van der Waals surface area contributed by atoms with Crippen LogP contribution in [0.25, 0.3) is 0 Å². The predicted octanol–water partition coefficient (Wildman–Crippen LogP) is 8.42. The molecule has 0 heterocycles. The number of unbranched alkanes of at least 4 members (excludes halogenated alkanes) is 1. The molecule has 0 aromatic heterocycles. The molecule has 0 N–H and O–H groups in total. The second-order valence-corrected chi connectivity index (χ2v) is 12.1. The molecular weight excluding hydrogens is 324 g/mol. The second-order valence-electron chi connectivity index (χ2n) is 12.1. The molecule has 7 atom stereocenters. The van der Waals surface area contributed by atoms with Crippen LogP contribution < -0.4 is 0 Å². The number of fused-ring (bicyclic) bond motifs is 5. The van der Waals surface area contributed by atoms with Crippen LogP contribution in [0.2, 0.25) is 0 Å². The summed E-state index contributed by atoms with van der Waals surface area (Å²) >= 11 is 0. The normalized spacial score (nSPS) is 46.6. The standard InChI is InChI=1S/C27H46/c1-19(2)8-6-7-9-21-11-13-24-23-12-10-22-18-20(3)14-16-27(22,5)25(23)15-17-26(21,24)4/h10,19-21,23-25H,6-9,11-18H2,1-5H3/t20?,21-,23-,24?,25?,26+,27?/m0/s1. The Morgan fingerprint density at radius 1 is 1.00 bits per heavy atom. The van der Waals surface area contributed by atoms with Gasteiger partial charge in [-0.3, -0.25) is 0 Å². The van der Waals surface area contributed by atoms with Gasteiger partial charge in [-0.2, -0.15) is 0 Å². The van der Waals surface area contributed by atoms with Crippen molar-refractivity contribution >= 4 is 0 Å². The van der Waals surface area contributed by atoms with Gasteiger partial charge in [0.05, 0.1) is 0 Å². The van der Waals surface area contributed by atoms with Crippen molar-refractivity contribution in [1.82, 2.24) is 0 Å². The second kappa shape index (κ2) is 7.53. The summed E-state index contributed by atoms with van der Waals surface area (Å²) in [6.07, 6.45) is 20.6. The van der Waals surface area contributed by atoms with Crippen molar-refractivity contribution in [3.05, 3.63) is 11.6 Å². The first-order chi connectivity index (χ1) is 12.8. The largest absolute Gasteiger partial charge is 0.0845 e. The van der Waals surface area contributed by atoms with E-state index < -0.39 is 0 Å². The molecule has 3 fully saturated rings. The van der Waals surface area contributed by atoms with E-state index in [0.717, 1.165) is 35.5 Å². The van der Waals surface area contributed by atoms with Gasteiger partial charge in [0.25, 0.3) is 0 Å².